The van der Waals surface area contributed by atoms with Crippen molar-refractivity contribution in [2.75, 3.05) is 6.61 Å². The highest BCUT2D eigenvalue weighted by Gasteiger charge is 2.16. The van der Waals surface area contributed by atoms with Gasteiger partial charge in [-0.25, -0.2) is 0 Å². The molecule has 2 heterocycles. The fourth-order valence-corrected chi connectivity index (χ4v) is 1.80. The van der Waals surface area contributed by atoms with Crippen LogP contribution in [-0.4, -0.2) is 17.7 Å². The van der Waals surface area contributed by atoms with Crippen molar-refractivity contribution in [1.29, 1.82) is 0 Å². The summed E-state index contributed by atoms with van der Waals surface area (Å²) in [7, 11) is 0. The number of hydrogen-bond donors (Lipinski definition) is 0. The fraction of sp³-hybridized carbons (Fsp3) is 0.500. The Labute approximate surface area is 85.5 Å². The minimum Gasteiger partial charge on any atom is -0.358 e. The Balaban J connectivity index is 1.98. The molecule has 0 radical (unpaired) electrons. The standard InChI is InChI=1S/C12H17NO/c1-2-6-10-13(9-5-1)12-8-4-3-7-11-14-12/h1-2,5-6,9-10,12H,3-4,7-8,11H2. The topological polar surface area (TPSA) is 12.5 Å². The molecular formula is C12H17NO. The zero-order valence-corrected chi connectivity index (χ0v) is 8.43. The lowest BCUT2D eigenvalue weighted by Crippen LogP contribution is -2.28. The van der Waals surface area contributed by atoms with Crippen LogP contribution in [0.15, 0.2) is 36.7 Å². The van der Waals surface area contributed by atoms with Crippen LogP contribution in [-0.2, 0) is 4.74 Å². The van der Waals surface area contributed by atoms with Gasteiger partial charge in [-0.15, -0.1) is 0 Å². The van der Waals surface area contributed by atoms with E-state index < -0.39 is 0 Å². The second kappa shape index (κ2) is 5.01. The Bertz CT molecular complexity index is 231. The van der Waals surface area contributed by atoms with E-state index in [4.69, 9.17) is 4.74 Å². The second-order valence-corrected chi connectivity index (χ2v) is 3.69. The van der Waals surface area contributed by atoms with Crippen molar-refractivity contribution in [3.63, 3.8) is 0 Å². The van der Waals surface area contributed by atoms with Gasteiger partial charge in [0.1, 0.15) is 6.23 Å². The summed E-state index contributed by atoms with van der Waals surface area (Å²) in [5.41, 5.74) is 0. The highest BCUT2D eigenvalue weighted by molar-refractivity contribution is 5.15. The fourth-order valence-electron chi connectivity index (χ4n) is 1.80. The Hall–Kier alpha value is -1.02. The molecule has 1 saturated heterocycles. The molecule has 0 amide bonds. The van der Waals surface area contributed by atoms with Crippen LogP contribution in [0.1, 0.15) is 25.7 Å². The molecule has 2 aliphatic rings. The monoisotopic (exact) mass is 191 g/mol. The summed E-state index contributed by atoms with van der Waals surface area (Å²) in [6, 6.07) is 0. The molecule has 0 spiro atoms. The average molecular weight is 191 g/mol. The van der Waals surface area contributed by atoms with Crippen LogP contribution in [0.2, 0.25) is 0 Å². The van der Waals surface area contributed by atoms with Gasteiger partial charge in [-0.2, -0.15) is 0 Å². The van der Waals surface area contributed by atoms with E-state index in [-0.39, 0.29) is 6.23 Å². The summed E-state index contributed by atoms with van der Waals surface area (Å²) in [5.74, 6) is 0. The molecule has 76 valence electrons. The number of hydrogen-bond acceptors (Lipinski definition) is 2. The maximum absolute atomic E-state index is 5.79. The SMILES string of the molecule is C1=CC=CN(C2CCCCCO2)C=C1. The molecule has 0 saturated carbocycles. The molecule has 1 fully saturated rings. The lowest BCUT2D eigenvalue weighted by molar-refractivity contribution is -0.0129. The number of nitrogens with zero attached hydrogens (tertiary/aromatic N) is 1. The van der Waals surface area contributed by atoms with Gasteiger partial charge < -0.3 is 9.64 Å². The minimum absolute atomic E-state index is 0.241. The first-order chi connectivity index (χ1) is 6.97. The van der Waals surface area contributed by atoms with Crippen LogP contribution in [0.3, 0.4) is 0 Å². The largest absolute Gasteiger partial charge is 0.358 e. The normalized spacial score (nSPS) is 27.4. The third-order valence-electron chi connectivity index (χ3n) is 2.59. The van der Waals surface area contributed by atoms with E-state index in [0.29, 0.717) is 0 Å². The van der Waals surface area contributed by atoms with E-state index in [2.05, 4.69) is 17.3 Å². The molecule has 2 nitrogen and oxygen atoms in total. The molecular weight excluding hydrogens is 174 g/mol. The van der Waals surface area contributed by atoms with Crippen molar-refractivity contribution in [3.05, 3.63) is 36.7 Å². The van der Waals surface area contributed by atoms with E-state index in [1.54, 1.807) is 0 Å². The average Bonchev–Trinajstić information content (AvgIpc) is 2.62. The van der Waals surface area contributed by atoms with Gasteiger partial charge >= 0.3 is 0 Å². The Kier molecular flexibility index (Phi) is 3.41. The molecule has 0 aromatic carbocycles. The molecule has 1 unspecified atom stereocenters. The maximum Gasteiger partial charge on any atom is 0.133 e. The predicted molar refractivity (Wildman–Crippen MR) is 57.5 cm³/mol. The third kappa shape index (κ3) is 2.48. The van der Waals surface area contributed by atoms with Crippen LogP contribution < -0.4 is 0 Å². The quantitative estimate of drug-likeness (QED) is 0.632. The van der Waals surface area contributed by atoms with Gasteiger partial charge in [0.2, 0.25) is 0 Å². The molecule has 1 atom stereocenters. The summed E-state index contributed by atoms with van der Waals surface area (Å²) in [6.07, 6.45) is 17.5. The first-order valence-corrected chi connectivity index (χ1v) is 5.37. The lowest BCUT2D eigenvalue weighted by Gasteiger charge is -2.25. The smallest absolute Gasteiger partial charge is 0.133 e. The molecule has 0 aromatic rings. The van der Waals surface area contributed by atoms with Crippen LogP contribution in [0, 0.1) is 0 Å². The van der Waals surface area contributed by atoms with Crippen molar-refractivity contribution in [3.8, 4) is 0 Å². The van der Waals surface area contributed by atoms with Crippen molar-refractivity contribution in [1.82, 2.24) is 4.90 Å². The lowest BCUT2D eigenvalue weighted by atomic mass is 10.2. The Morgan fingerprint density at radius 3 is 2.50 bits per heavy atom. The van der Waals surface area contributed by atoms with Gasteiger partial charge in [0.25, 0.3) is 0 Å². The summed E-state index contributed by atoms with van der Waals surface area (Å²) < 4.78 is 5.79. The molecule has 0 aliphatic carbocycles. The summed E-state index contributed by atoms with van der Waals surface area (Å²) in [4.78, 5) is 2.16. The van der Waals surface area contributed by atoms with E-state index in [1.165, 1.54) is 19.3 Å². The molecule has 0 N–H and O–H groups in total. The van der Waals surface area contributed by atoms with Crippen molar-refractivity contribution in [2.24, 2.45) is 0 Å². The van der Waals surface area contributed by atoms with Gasteiger partial charge in [0.15, 0.2) is 0 Å². The number of ether oxygens (including phenoxy) is 1. The minimum atomic E-state index is 0.241. The molecule has 2 heteroatoms. The molecule has 0 bridgehead atoms. The third-order valence-corrected chi connectivity index (χ3v) is 2.59. The highest BCUT2D eigenvalue weighted by Crippen LogP contribution is 2.18. The summed E-state index contributed by atoms with van der Waals surface area (Å²) in [5, 5.41) is 0. The van der Waals surface area contributed by atoms with Crippen LogP contribution in [0.5, 0.6) is 0 Å². The van der Waals surface area contributed by atoms with Gasteiger partial charge in [-0.3, -0.25) is 0 Å². The predicted octanol–water partition coefficient (Wildman–Crippen LogP) is 2.80. The molecule has 2 rings (SSSR count). The Morgan fingerprint density at radius 2 is 1.71 bits per heavy atom. The van der Waals surface area contributed by atoms with Crippen molar-refractivity contribution < 1.29 is 4.74 Å². The second-order valence-electron chi connectivity index (χ2n) is 3.69. The van der Waals surface area contributed by atoms with Gasteiger partial charge in [0, 0.05) is 19.0 Å². The highest BCUT2D eigenvalue weighted by atomic mass is 16.5. The van der Waals surface area contributed by atoms with Crippen LogP contribution in [0.25, 0.3) is 0 Å². The first kappa shape index (κ1) is 9.53. The van der Waals surface area contributed by atoms with Crippen molar-refractivity contribution >= 4 is 0 Å². The van der Waals surface area contributed by atoms with E-state index in [0.717, 1.165) is 13.0 Å². The summed E-state index contributed by atoms with van der Waals surface area (Å²) in [6.45, 7) is 0.899. The number of allylic oxidation sites excluding steroid dienone is 4. The zero-order valence-electron chi connectivity index (χ0n) is 8.43. The van der Waals surface area contributed by atoms with Gasteiger partial charge in [-0.1, -0.05) is 18.6 Å². The Morgan fingerprint density at radius 1 is 0.929 bits per heavy atom. The van der Waals surface area contributed by atoms with Crippen molar-refractivity contribution in [2.45, 2.75) is 31.9 Å². The van der Waals surface area contributed by atoms with E-state index in [1.807, 2.05) is 24.3 Å². The maximum atomic E-state index is 5.79. The van der Waals surface area contributed by atoms with E-state index >= 15 is 0 Å². The molecule has 2 aliphatic heterocycles. The zero-order chi connectivity index (χ0) is 9.64. The van der Waals surface area contributed by atoms with Gasteiger partial charge in [0.05, 0.1) is 0 Å². The van der Waals surface area contributed by atoms with Crippen LogP contribution >= 0.6 is 0 Å². The van der Waals surface area contributed by atoms with Gasteiger partial charge in [-0.05, 0) is 31.4 Å². The molecule has 14 heavy (non-hydrogen) atoms. The number of rotatable bonds is 1. The molecule has 0 aromatic heterocycles. The first-order valence-electron chi connectivity index (χ1n) is 5.37. The summed E-state index contributed by atoms with van der Waals surface area (Å²) >= 11 is 0. The van der Waals surface area contributed by atoms with E-state index in [9.17, 15) is 0 Å². The van der Waals surface area contributed by atoms with Crippen LogP contribution in [0.4, 0.5) is 0 Å².